The third kappa shape index (κ3) is 3.05. The average Bonchev–Trinajstić information content (AvgIpc) is 2.42. The van der Waals surface area contributed by atoms with Crippen molar-refractivity contribution in [3.8, 4) is 11.3 Å². The maximum Gasteiger partial charge on any atom is 0.133 e. The van der Waals surface area contributed by atoms with Crippen molar-refractivity contribution < 1.29 is 0 Å². The van der Waals surface area contributed by atoms with Crippen LogP contribution >= 0.6 is 0 Å². The number of hydrogen-bond donors (Lipinski definition) is 1. The van der Waals surface area contributed by atoms with Crippen LogP contribution in [0.4, 0.5) is 0 Å². The minimum absolute atomic E-state index is 0.235. The van der Waals surface area contributed by atoms with E-state index in [0.29, 0.717) is 6.54 Å². The zero-order valence-electron chi connectivity index (χ0n) is 12.8. The van der Waals surface area contributed by atoms with Gasteiger partial charge in [-0.3, -0.25) is 0 Å². The van der Waals surface area contributed by atoms with Gasteiger partial charge >= 0.3 is 0 Å². The monoisotopic (exact) mass is 269 g/mol. The predicted molar refractivity (Wildman–Crippen MR) is 83.8 cm³/mol. The maximum absolute atomic E-state index is 5.83. The van der Waals surface area contributed by atoms with Gasteiger partial charge in [-0.2, -0.15) is 0 Å². The van der Waals surface area contributed by atoms with E-state index in [1.807, 2.05) is 6.92 Å². The zero-order chi connectivity index (χ0) is 14.7. The molecule has 2 N–H and O–H groups in total. The third-order valence-corrected chi connectivity index (χ3v) is 3.68. The average molecular weight is 269 g/mol. The highest BCUT2D eigenvalue weighted by Gasteiger charge is 2.14. The number of aryl methyl sites for hydroxylation is 3. The molecule has 0 aliphatic carbocycles. The smallest absolute Gasteiger partial charge is 0.133 e. The van der Waals surface area contributed by atoms with Crippen molar-refractivity contribution in [3.63, 3.8) is 0 Å². The Balaban J connectivity index is 2.54. The highest BCUT2D eigenvalue weighted by atomic mass is 14.9. The molecule has 0 amide bonds. The van der Waals surface area contributed by atoms with Gasteiger partial charge in [0.25, 0.3) is 0 Å². The van der Waals surface area contributed by atoms with Crippen LogP contribution < -0.4 is 5.73 Å². The van der Waals surface area contributed by atoms with Gasteiger partial charge in [0.05, 0.1) is 5.69 Å². The molecule has 20 heavy (non-hydrogen) atoms. The lowest BCUT2D eigenvalue weighted by molar-refractivity contribution is 0.628. The molecule has 1 aromatic heterocycles. The van der Waals surface area contributed by atoms with E-state index in [4.69, 9.17) is 10.7 Å². The second kappa shape index (κ2) is 6.14. The van der Waals surface area contributed by atoms with E-state index < -0.39 is 0 Å². The van der Waals surface area contributed by atoms with Crippen LogP contribution in [0, 0.1) is 20.8 Å². The fourth-order valence-corrected chi connectivity index (χ4v) is 2.38. The fraction of sp³-hybridized carbons (Fsp3) is 0.412. The molecule has 1 heterocycles. The van der Waals surface area contributed by atoms with Crippen LogP contribution in [0.2, 0.25) is 0 Å². The first-order chi connectivity index (χ1) is 9.55. The molecule has 1 atom stereocenters. The second-order valence-electron chi connectivity index (χ2n) is 5.41. The molecular weight excluding hydrogens is 246 g/mol. The quantitative estimate of drug-likeness (QED) is 0.924. The first-order valence-corrected chi connectivity index (χ1v) is 7.18. The van der Waals surface area contributed by atoms with Crippen LogP contribution in [0.25, 0.3) is 11.3 Å². The van der Waals surface area contributed by atoms with Crippen LogP contribution in [-0.4, -0.2) is 16.5 Å². The van der Waals surface area contributed by atoms with Gasteiger partial charge < -0.3 is 5.73 Å². The van der Waals surface area contributed by atoms with Crippen LogP contribution in [0.3, 0.4) is 0 Å². The minimum atomic E-state index is 0.235. The molecule has 106 valence electrons. The van der Waals surface area contributed by atoms with E-state index in [1.165, 1.54) is 16.7 Å². The van der Waals surface area contributed by atoms with Crippen LogP contribution in [0.1, 0.15) is 41.9 Å². The third-order valence-electron chi connectivity index (χ3n) is 3.68. The van der Waals surface area contributed by atoms with Gasteiger partial charge in [0.2, 0.25) is 0 Å². The molecule has 0 spiro atoms. The molecule has 2 aromatic rings. The van der Waals surface area contributed by atoms with E-state index in [-0.39, 0.29) is 5.92 Å². The van der Waals surface area contributed by atoms with E-state index in [2.05, 4.69) is 50.0 Å². The van der Waals surface area contributed by atoms with E-state index in [9.17, 15) is 0 Å². The molecule has 1 unspecified atom stereocenters. The van der Waals surface area contributed by atoms with Crippen molar-refractivity contribution in [1.82, 2.24) is 9.97 Å². The molecule has 0 radical (unpaired) electrons. The summed E-state index contributed by atoms with van der Waals surface area (Å²) in [6.07, 6.45) is 0.964. The van der Waals surface area contributed by atoms with Crippen LogP contribution in [0.5, 0.6) is 0 Å². The van der Waals surface area contributed by atoms with Gasteiger partial charge in [0.1, 0.15) is 5.82 Å². The van der Waals surface area contributed by atoms with E-state index in [0.717, 1.165) is 23.6 Å². The number of aromatic nitrogens is 2. The number of nitrogens with zero attached hydrogens (tertiary/aromatic N) is 2. The molecule has 0 saturated carbocycles. The summed E-state index contributed by atoms with van der Waals surface area (Å²) in [5, 5.41) is 0. The minimum Gasteiger partial charge on any atom is -0.330 e. The van der Waals surface area contributed by atoms with Crippen molar-refractivity contribution in [2.75, 3.05) is 6.54 Å². The normalized spacial score (nSPS) is 12.4. The lowest BCUT2D eigenvalue weighted by Crippen LogP contribution is -2.15. The van der Waals surface area contributed by atoms with Gasteiger partial charge in [-0.1, -0.05) is 24.6 Å². The molecule has 3 nitrogen and oxygen atoms in total. The van der Waals surface area contributed by atoms with E-state index >= 15 is 0 Å². The summed E-state index contributed by atoms with van der Waals surface area (Å²) in [7, 11) is 0. The summed E-state index contributed by atoms with van der Waals surface area (Å²) >= 11 is 0. The Morgan fingerprint density at radius 2 is 1.85 bits per heavy atom. The Morgan fingerprint density at radius 1 is 1.10 bits per heavy atom. The molecule has 1 aromatic carbocycles. The highest BCUT2D eigenvalue weighted by Crippen LogP contribution is 2.25. The van der Waals surface area contributed by atoms with E-state index in [1.54, 1.807) is 0 Å². The standard InChI is InChI=1S/C17H23N3/c1-5-14(10-18)17-19-13(4)9-16(20-17)15-8-11(2)6-7-12(15)3/h6-9,14H,5,10,18H2,1-4H3. The first kappa shape index (κ1) is 14.7. The largest absolute Gasteiger partial charge is 0.330 e. The van der Waals surface area contributed by atoms with Crippen LogP contribution in [0.15, 0.2) is 24.3 Å². The Kier molecular flexibility index (Phi) is 4.50. The van der Waals surface area contributed by atoms with Gasteiger partial charge in [-0.15, -0.1) is 0 Å². The molecule has 0 saturated heterocycles. The Labute approximate surface area is 121 Å². The Bertz CT molecular complexity index is 601. The summed E-state index contributed by atoms with van der Waals surface area (Å²) in [6, 6.07) is 8.50. The fourth-order valence-electron chi connectivity index (χ4n) is 2.38. The van der Waals surface area contributed by atoms with Gasteiger partial charge in [0, 0.05) is 23.7 Å². The summed E-state index contributed by atoms with van der Waals surface area (Å²) in [5.41, 5.74) is 11.5. The van der Waals surface area contributed by atoms with Crippen LogP contribution in [-0.2, 0) is 0 Å². The van der Waals surface area contributed by atoms with Crippen molar-refractivity contribution in [2.24, 2.45) is 5.73 Å². The molecule has 0 aliphatic heterocycles. The lowest BCUT2D eigenvalue weighted by Gasteiger charge is -2.14. The summed E-state index contributed by atoms with van der Waals surface area (Å²) < 4.78 is 0. The predicted octanol–water partition coefficient (Wildman–Crippen LogP) is 3.52. The first-order valence-electron chi connectivity index (χ1n) is 7.18. The van der Waals surface area contributed by atoms with Crippen molar-refractivity contribution in [1.29, 1.82) is 0 Å². The summed E-state index contributed by atoms with van der Waals surface area (Å²) in [6.45, 7) is 8.95. The maximum atomic E-state index is 5.83. The molecule has 2 rings (SSSR count). The Morgan fingerprint density at radius 3 is 2.50 bits per heavy atom. The lowest BCUT2D eigenvalue weighted by atomic mass is 10.0. The number of hydrogen-bond acceptors (Lipinski definition) is 3. The molecule has 3 heteroatoms. The number of benzene rings is 1. The second-order valence-corrected chi connectivity index (χ2v) is 5.41. The highest BCUT2D eigenvalue weighted by molar-refractivity contribution is 5.64. The van der Waals surface area contributed by atoms with Crippen molar-refractivity contribution >= 4 is 0 Å². The zero-order valence-corrected chi connectivity index (χ0v) is 12.8. The number of nitrogens with two attached hydrogens (primary N) is 1. The Hall–Kier alpha value is -1.74. The topological polar surface area (TPSA) is 51.8 Å². The summed E-state index contributed by atoms with van der Waals surface area (Å²) in [5.74, 6) is 1.10. The molecular formula is C17H23N3. The van der Waals surface area contributed by atoms with Gasteiger partial charge in [0.15, 0.2) is 0 Å². The molecule has 0 aliphatic rings. The molecule has 0 bridgehead atoms. The van der Waals surface area contributed by atoms with Crippen molar-refractivity contribution in [3.05, 3.63) is 46.9 Å². The SMILES string of the molecule is CCC(CN)c1nc(C)cc(-c2cc(C)ccc2C)n1. The van der Waals surface area contributed by atoms with Gasteiger partial charge in [-0.25, -0.2) is 9.97 Å². The molecule has 0 fully saturated rings. The van der Waals surface area contributed by atoms with Crippen molar-refractivity contribution in [2.45, 2.75) is 40.0 Å². The van der Waals surface area contributed by atoms with Gasteiger partial charge in [-0.05, 0) is 44.9 Å². The summed E-state index contributed by atoms with van der Waals surface area (Å²) in [4.78, 5) is 9.32. The number of rotatable bonds is 4.